The number of carbonyl (C=O) groups excluding carboxylic acids is 2. The van der Waals surface area contributed by atoms with Crippen LogP contribution in [-0.4, -0.2) is 23.3 Å². The molecule has 3 rings (SSSR count). The zero-order valence-corrected chi connectivity index (χ0v) is 13.5. The van der Waals surface area contributed by atoms with E-state index in [0.29, 0.717) is 6.54 Å². The fourth-order valence-corrected chi connectivity index (χ4v) is 3.19. The van der Waals surface area contributed by atoms with Gasteiger partial charge in [0.15, 0.2) is 0 Å². The summed E-state index contributed by atoms with van der Waals surface area (Å²) in [5.41, 5.74) is 2.29. The summed E-state index contributed by atoms with van der Waals surface area (Å²) >= 11 is 0. The van der Waals surface area contributed by atoms with Crippen LogP contribution in [0.15, 0.2) is 48.5 Å². The molecule has 0 spiro atoms. The minimum Gasteiger partial charge on any atom is -0.335 e. The van der Waals surface area contributed by atoms with E-state index in [9.17, 15) is 14.0 Å². The van der Waals surface area contributed by atoms with E-state index in [0.717, 1.165) is 17.5 Å². The summed E-state index contributed by atoms with van der Waals surface area (Å²) < 4.78 is 13.7. The summed E-state index contributed by atoms with van der Waals surface area (Å²) in [5.74, 6) is -0.848. The Morgan fingerprint density at radius 3 is 2.62 bits per heavy atom. The molecule has 5 heteroatoms. The SMILES string of the molecule is CC(=O)N1CCc2ccccc2C1CC(=O)Nc1ccccc1F. The molecule has 0 bridgehead atoms. The van der Waals surface area contributed by atoms with Crippen molar-refractivity contribution in [2.75, 3.05) is 11.9 Å². The maximum Gasteiger partial charge on any atom is 0.226 e. The Bertz CT molecular complexity index is 775. The molecule has 1 aliphatic heterocycles. The average molecular weight is 326 g/mol. The molecule has 0 saturated carbocycles. The second-order valence-electron chi connectivity index (χ2n) is 5.91. The van der Waals surface area contributed by atoms with Crippen LogP contribution < -0.4 is 5.32 Å². The second kappa shape index (κ2) is 6.83. The molecular weight excluding hydrogens is 307 g/mol. The topological polar surface area (TPSA) is 49.4 Å². The lowest BCUT2D eigenvalue weighted by atomic mass is 9.90. The molecule has 0 radical (unpaired) electrons. The fraction of sp³-hybridized carbons (Fsp3) is 0.263. The van der Waals surface area contributed by atoms with E-state index >= 15 is 0 Å². The van der Waals surface area contributed by atoms with Crippen LogP contribution in [0.2, 0.25) is 0 Å². The van der Waals surface area contributed by atoms with Gasteiger partial charge < -0.3 is 10.2 Å². The quantitative estimate of drug-likeness (QED) is 0.941. The number of rotatable bonds is 3. The number of fused-ring (bicyclic) bond motifs is 1. The normalized spacial score (nSPS) is 16.4. The highest BCUT2D eigenvalue weighted by atomic mass is 19.1. The van der Waals surface area contributed by atoms with Crippen LogP contribution in [0.1, 0.15) is 30.5 Å². The smallest absolute Gasteiger partial charge is 0.226 e. The van der Waals surface area contributed by atoms with E-state index in [-0.39, 0.29) is 30.0 Å². The molecule has 4 nitrogen and oxygen atoms in total. The zero-order chi connectivity index (χ0) is 17.1. The van der Waals surface area contributed by atoms with Crippen LogP contribution in [0, 0.1) is 5.82 Å². The van der Waals surface area contributed by atoms with Crippen LogP contribution in [0.25, 0.3) is 0 Å². The molecule has 1 unspecified atom stereocenters. The molecule has 2 aromatic rings. The van der Waals surface area contributed by atoms with E-state index in [2.05, 4.69) is 5.32 Å². The molecule has 0 aliphatic carbocycles. The minimum absolute atomic E-state index is 0.0619. The molecule has 1 N–H and O–H groups in total. The minimum atomic E-state index is -0.474. The molecule has 1 aliphatic rings. The first-order valence-corrected chi connectivity index (χ1v) is 7.95. The van der Waals surface area contributed by atoms with Crippen molar-refractivity contribution in [3.8, 4) is 0 Å². The van der Waals surface area contributed by atoms with Crippen molar-refractivity contribution in [2.24, 2.45) is 0 Å². The van der Waals surface area contributed by atoms with Crippen molar-refractivity contribution < 1.29 is 14.0 Å². The number of benzene rings is 2. The Balaban J connectivity index is 1.82. The molecule has 24 heavy (non-hydrogen) atoms. The molecule has 2 aromatic carbocycles. The Hall–Kier alpha value is -2.69. The number of nitrogens with one attached hydrogen (secondary N) is 1. The van der Waals surface area contributed by atoms with Crippen LogP contribution in [0.3, 0.4) is 0 Å². The number of halogens is 1. The highest BCUT2D eigenvalue weighted by Gasteiger charge is 2.30. The van der Waals surface area contributed by atoms with Crippen molar-refractivity contribution in [3.05, 3.63) is 65.5 Å². The largest absolute Gasteiger partial charge is 0.335 e. The molecule has 1 heterocycles. The van der Waals surface area contributed by atoms with Gasteiger partial charge in [0.25, 0.3) is 0 Å². The highest BCUT2D eigenvalue weighted by Crippen LogP contribution is 2.32. The predicted molar refractivity (Wildman–Crippen MR) is 89.9 cm³/mol. The number of hydrogen-bond acceptors (Lipinski definition) is 2. The molecular formula is C19H19FN2O2. The summed E-state index contributed by atoms with van der Waals surface area (Å²) in [6, 6.07) is 13.6. The maximum atomic E-state index is 13.7. The van der Waals surface area contributed by atoms with Gasteiger partial charge in [-0.2, -0.15) is 0 Å². The lowest BCUT2D eigenvalue weighted by Gasteiger charge is -2.36. The van der Waals surface area contributed by atoms with E-state index in [1.165, 1.54) is 19.1 Å². The van der Waals surface area contributed by atoms with E-state index in [1.807, 2.05) is 24.3 Å². The molecule has 1 atom stereocenters. The number of hydrogen-bond donors (Lipinski definition) is 1. The van der Waals surface area contributed by atoms with Crippen LogP contribution in [-0.2, 0) is 16.0 Å². The van der Waals surface area contributed by atoms with Crippen LogP contribution in [0.5, 0.6) is 0 Å². The summed E-state index contributed by atoms with van der Waals surface area (Å²) in [7, 11) is 0. The fourth-order valence-electron chi connectivity index (χ4n) is 3.19. The maximum absolute atomic E-state index is 13.7. The van der Waals surface area contributed by atoms with Gasteiger partial charge in [0, 0.05) is 13.5 Å². The van der Waals surface area contributed by atoms with Gasteiger partial charge in [-0.3, -0.25) is 9.59 Å². The third kappa shape index (κ3) is 3.30. The third-order valence-electron chi connectivity index (χ3n) is 4.34. The monoisotopic (exact) mass is 326 g/mol. The van der Waals surface area contributed by atoms with Crippen molar-refractivity contribution in [1.29, 1.82) is 0 Å². The number of amides is 2. The summed E-state index contributed by atoms with van der Waals surface area (Å²) in [5, 5.41) is 2.60. The van der Waals surface area contributed by atoms with E-state index < -0.39 is 5.82 Å². The lowest BCUT2D eigenvalue weighted by molar-refractivity contribution is -0.132. The standard InChI is InChI=1S/C19H19FN2O2/c1-13(23)22-11-10-14-6-2-3-7-15(14)18(22)12-19(24)21-17-9-5-4-8-16(17)20/h2-9,18H,10-12H2,1H3,(H,21,24). The van der Waals surface area contributed by atoms with E-state index in [4.69, 9.17) is 0 Å². The Morgan fingerprint density at radius 1 is 1.17 bits per heavy atom. The summed E-state index contributed by atoms with van der Waals surface area (Å²) in [4.78, 5) is 26.1. The Labute approximate surface area is 140 Å². The first-order chi connectivity index (χ1) is 11.6. The molecule has 0 saturated heterocycles. The van der Waals surface area contributed by atoms with Gasteiger partial charge in [-0.05, 0) is 29.7 Å². The van der Waals surface area contributed by atoms with Gasteiger partial charge in [-0.1, -0.05) is 36.4 Å². The predicted octanol–water partition coefficient (Wildman–Crippen LogP) is 3.30. The Morgan fingerprint density at radius 2 is 1.88 bits per heavy atom. The van der Waals surface area contributed by atoms with Crippen molar-refractivity contribution in [1.82, 2.24) is 4.90 Å². The molecule has 0 fully saturated rings. The first-order valence-electron chi connectivity index (χ1n) is 7.95. The second-order valence-corrected chi connectivity index (χ2v) is 5.91. The average Bonchev–Trinajstić information content (AvgIpc) is 2.57. The van der Waals surface area contributed by atoms with Gasteiger partial charge in [0.2, 0.25) is 11.8 Å². The molecule has 0 aromatic heterocycles. The number of nitrogens with zero attached hydrogens (tertiary/aromatic N) is 1. The highest BCUT2D eigenvalue weighted by molar-refractivity contribution is 5.91. The van der Waals surface area contributed by atoms with Crippen molar-refractivity contribution in [3.63, 3.8) is 0 Å². The number of carbonyl (C=O) groups is 2. The molecule has 2 amide bonds. The van der Waals surface area contributed by atoms with Crippen LogP contribution >= 0.6 is 0 Å². The van der Waals surface area contributed by atoms with Gasteiger partial charge >= 0.3 is 0 Å². The summed E-state index contributed by atoms with van der Waals surface area (Å²) in [6.07, 6.45) is 0.881. The van der Waals surface area contributed by atoms with E-state index in [1.54, 1.807) is 17.0 Å². The van der Waals surface area contributed by atoms with Crippen molar-refractivity contribution in [2.45, 2.75) is 25.8 Å². The lowest BCUT2D eigenvalue weighted by Crippen LogP contribution is -2.40. The summed E-state index contributed by atoms with van der Waals surface area (Å²) in [6.45, 7) is 2.10. The third-order valence-corrected chi connectivity index (χ3v) is 4.34. The van der Waals surface area contributed by atoms with Gasteiger partial charge in [-0.25, -0.2) is 4.39 Å². The number of anilines is 1. The Kier molecular flexibility index (Phi) is 4.60. The number of para-hydroxylation sites is 1. The first kappa shape index (κ1) is 16.2. The van der Waals surface area contributed by atoms with Gasteiger partial charge in [0.05, 0.1) is 18.2 Å². The van der Waals surface area contributed by atoms with Gasteiger partial charge in [-0.15, -0.1) is 0 Å². The zero-order valence-electron chi connectivity index (χ0n) is 13.5. The van der Waals surface area contributed by atoms with Crippen LogP contribution in [0.4, 0.5) is 10.1 Å². The molecule has 124 valence electrons. The van der Waals surface area contributed by atoms with Crippen molar-refractivity contribution >= 4 is 17.5 Å². The van der Waals surface area contributed by atoms with Gasteiger partial charge in [0.1, 0.15) is 5.82 Å².